The Morgan fingerprint density at radius 2 is 2.12 bits per heavy atom. The van der Waals surface area contributed by atoms with Crippen molar-refractivity contribution < 1.29 is 13.5 Å². The molecule has 0 aliphatic heterocycles. The minimum Gasteiger partial charge on any atom is -0.433 e. The fourth-order valence-electron chi connectivity index (χ4n) is 2.11. The average Bonchev–Trinajstić information content (AvgIpc) is 3.00. The van der Waals surface area contributed by atoms with Crippen LogP contribution in [0, 0.1) is 0 Å². The van der Waals surface area contributed by atoms with Crippen molar-refractivity contribution in [2.75, 3.05) is 0 Å². The van der Waals surface area contributed by atoms with Gasteiger partial charge in [0.1, 0.15) is 5.75 Å². The van der Waals surface area contributed by atoms with Crippen LogP contribution in [0.1, 0.15) is 5.56 Å². The molecule has 0 atom stereocenters. The Balaban J connectivity index is 1.82. The zero-order chi connectivity index (χ0) is 17.1. The highest BCUT2D eigenvalue weighted by Gasteiger charge is 2.11. The highest BCUT2D eigenvalue weighted by Crippen LogP contribution is 2.31. The van der Waals surface area contributed by atoms with Crippen molar-refractivity contribution in [2.45, 2.75) is 13.2 Å². The van der Waals surface area contributed by atoms with Gasteiger partial charge < -0.3 is 9.72 Å². The van der Waals surface area contributed by atoms with Gasteiger partial charge in [0.25, 0.3) is 0 Å². The maximum atomic E-state index is 12.4. The summed E-state index contributed by atoms with van der Waals surface area (Å²) in [5, 5.41) is 4.30. The van der Waals surface area contributed by atoms with E-state index >= 15 is 0 Å². The Hall–Kier alpha value is -2.74. The summed E-state index contributed by atoms with van der Waals surface area (Å²) in [6, 6.07) is 4.60. The second kappa shape index (κ2) is 6.79. The number of aromatic nitrogens is 4. The van der Waals surface area contributed by atoms with E-state index in [1.165, 1.54) is 18.3 Å². The molecular formula is C15H11ClF2N4O2. The summed E-state index contributed by atoms with van der Waals surface area (Å²) in [6.45, 7) is -2.55. The summed E-state index contributed by atoms with van der Waals surface area (Å²) in [6.07, 6.45) is 6.33. The second-order valence-electron chi connectivity index (χ2n) is 4.88. The van der Waals surface area contributed by atoms with E-state index in [0.29, 0.717) is 17.7 Å². The van der Waals surface area contributed by atoms with Crippen molar-refractivity contribution >= 4 is 11.6 Å². The van der Waals surface area contributed by atoms with Crippen LogP contribution in [0.15, 0.2) is 47.8 Å². The highest BCUT2D eigenvalue weighted by molar-refractivity contribution is 6.32. The van der Waals surface area contributed by atoms with Crippen molar-refractivity contribution in [3.63, 3.8) is 0 Å². The molecule has 0 aliphatic rings. The SMILES string of the molecule is O=c1ncc(Cn2cc(-c3ccc(Cl)c(OC(F)F)c3)cn2)c[nH]1. The maximum Gasteiger partial charge on any atom is 0.387 e. The molecule has 0 aliphatic carbocycles. The number of H-pyrrole nitrogens is 1. The van der Waals surface area contributed by atoms with Crippen LogP contribution in [0.25, 0.3) is 11.1 Å². The molecule has 0 fully saturated rings. The summed E-state index contributed by atoms with van der Waals surface area (Å²) in [5.41, 5.74) is 1.69. The van der Waals surface area contributed by atoms with Gasteiger partial charge in [0.05, 0.1) is 17.8 Å². The third kappa shape index (κ3) is 3.77. The predicted molar refractivity (Wildman–Crippen MR) is 83.3 cm³/mol. The van der Waals surface area contributed by atoms with Crippen LogP contribution in [0.4, 0.5) is 8.78 Å². The van der Waals surface area contributed by atoms with Gasteiger partial charge in [-0.05, 0) is 17.7 Å². The fraction of sp³-hybridized carbons (Fsp3) is 0.133. The Bertz CT molecular complexity index is 890. The molecule has 0 radical (unpaired) electrons. The van der Waals surface area contributed by atoms with E-state index in [2.05, 4.69) is 19.8 Å². The monoisotopic (exact) mass is 352 g/mol. The molecule has 1 N–H and O–H groups in total. The summed E-state index contributed by atoms with van der Waals surface area (Å²) < 4.78 is 30.8. The molecule has 0 unspecified atom stereocenters. The Morgan fingerprint density at radius 1 is 1.29 bits per heavy atom. The van der Waals surface area contributed by atoms with Crippen LogP contribution in [-0.4, -0.2) is 26.4 Å². The van der Waals surface area contributed by atoms with Crippen molar-refractivity contribution in [1.29, 1.82) is 0 Å². The molecule has 24 heavy (non-hydrogen) atoms. The van der Waals surface area contributed by atoms with E-state index in [-0.39, 0.29) is 10.8 Å². The van der Waals surface area contributed by atoms with Gasteiger partial charge in [-0.3, -0.25) is 4.68 Å². The lowest BCUT2D eigenvalue weighted by Gasteiger charge is -2.08. The van der Waals surface area contributed by atoms with Gasteiger partial charge >= 0.3 is 12.3 Å². The number of benzene rings is 1. The van der Waals surface area contributed by atoms with Crippen LogP contribution >= 0.6 is 11.6 Å². The van der Waals surface area contributed by atoms with E-state index < -0.39 is 12.3 Å². The summed E-state index contributed by atoms with van der Waals surface area (Å²) >= 11 is 5.84. The molecule has 6 nitrogen and oxygen atoms in total. The number of nitrogens with one attached hydrogen (secondary N) is 1. The number of hydrogen-bond acceptors (Lipinski definition) is 4. The van der Waals surface area contributed by atoms with E-state index in [4.69, 9.17) is 11.6 Å². The highest BCUT2D eigenvalue weighted by atomic mass is 35.5. The zero-order valence-corrected chi connectivity index (χ0v) is 12.9. The van der Waals surface area contributed by atoms with Crippen LogP contribution in [-0.2, 0) is 6.54 Å². The first kappa shape index (κ1) is 16.1. The maximum absolute atomic E-state index is 12.4. The first-order chi connectivity index (χ1) is 11.5. The fourth-order valence-corrected chi connectivity index (χ4v) is 2.27. The number of alkyl halides is 2. The predicted octanol–water partition coefficient (Wildman–Crippen LogP) is 2.94. The molecule has 124 valence electrons. The summed E-state index contributed by atoms with van der Waals surface area (Å²) in [4.78, 5) is 17.0. The lowest BCUT2D eigenvalue weighted by Crippen LogP contribution is -2.10. The summed E-state index contributed by atoms with van der Waals surface area (Å²) in [5.74, 6) is -0.0956. The molecule has 0 bridgehead atoms. The van der Waals surface area contributed by atoms with Crippen LogP contribution in [0.2, 0.25) is 5.02 Å². The van der Waals surface area contributed by atoms with Crippen molar-refractivity contribution in [1.82, 2.24) is 19.7 Å². The first-order valence-electron chi connectivity index (χ1n) is 6.82. The zero-order valence-electron chi connectivity index (χ0n) is 12.1. The molecule has 0 spiro atoms. The smallest absolute Gasteiger partial charge is 0.387 e. The third-order valence-corrected chi connectivity index (χ3v) is 3.50. The molecule has 3 rings (SSSR count). The van der Waals surface area contributed by atoms with Crippen molar-refractivity contribution in [2.24, 2.45) is 0 Å². The van der Waals surface area contributed by atoms with Gasteiger partial charge in [-0.25, -0.2) is 9.78 Å². The quantitative estimate of drug-likeness (QED) is 0.766. The van der Waals surface area contributed by atoms with Crippen molar-refractivity contribution in [3.8, 4) is 16.9 Å². The van der Waals surface area contributed by atoms with Crippen LogP contribution in [0.3, 0.4) is 0 Å². The van der Waals surface area contributed by atoms with Crippen molar-refractivity contribution in [3.05, 3.63) is 64.1 Å². The Morgan fingerprint density at radius 3 is 2.83 bits per heavy atom. The standard InChI is InChI=1S/C15H11ClF2N4O2/c16-12-2-1-10(3-13(12)24-14(17)18)11-6-21-22(8-11)7-9-4-19-15(23)20-5-9/h1-6,8,14H,7H2,(H,19,20,23). The first-order valence-corrected chi connectivity index (χ1v) is 7.20. The number of nitrogens with zero attached hydrogens (tertiary/aromatic N) is 3. The van der Waals surface area contributed by atoms with Gasteiger partial charge in [0.2, 0.25) is 0 Å². The largest absolute Gasteiger partial charge is 0.433 e. The molecule has 0 amide bonds. The molecule has 2 aromatic heterocycles. The number of halogens is 3. The molecule has 1 aromatic carbocycles. The molecule has 0 saturated heterocycles. The minimum absolute atomic E-state index is 0.0956. The number of hydrogen-bond donors (Lipinski definition) is 1. The van der Waals surface area contributed by atoms with E-state index in [0.717, 1.165) is 5.56 Å². The number of aromatic amines is 1. The Kier molecular flexibility index (Phi) is 4.57. The average molecular weight is 353 g/mol. The molecule has 9 heteroatoms. The van der Waals surface area contributed by atoms with Crippen LogP contribution < -0.4 is 10.4 Å². The number of rotatable bonds is 5. The lowest BCUT2D eigenvalue weighted by atomic mass is 10.1. The van der Waals surface area contributed by atoms with Gasteiger partial charge in [-0.15, -0.1) is 0 Å². The van der Waals surface area contributed by atoms with Gasteiger partial charge in [0.15, 0.2) is 0 Å². The normalized spacial score (nSPS) is 11.0. The topological polar surface area (TPSA) is 72.8 Å². The second-order valence-corrected chi connectivity index (χ2v) is 5.28. The lowest BCUT2D eigenvalue weighted by molar-refractivity contribution is -0.0497. The van der Waals surface area contributed by atoms with Gasteiger partial charge in [-0.1, -0.05) is 17.7 Å². The van der Waals surface area contributed by atoms with E-state index in [1.807, 2.05) is 0 Å². The Labute approximate surface area is 139 Å². The van der Waals surface area contributed by atoms with Gasteiger partial charge in [-0.2, -0.15) is 13.9 Å². The molecular weight excluding hydrogens is 342 g/mol. The van der Waals surface area contributed by atoms with Crippen LogP contribution in [0.5, 0.6) is 5.75 Å². The van der Waals surface area contributed by atoms with Gasteiger partial charge in [0, 0.05) is 29.7 Å². The number of ether oxygens (including phenoxy) is 1. The summed E-state index contributed by atoms with van der Waals surface area (Å²) in [7, 11) is 0. The minimum atomic E-state index is -2.95. The molecule has 0 saturated carbocycles. The third-order valence-electron chi connectivity index (χ3n) is 3.19. The van der Waals surface area contributed by atoms with E-state index in [1.54, 1.807) is 29.3 Å². The molecule has 2 heterocycles. The van der Waals surface area contributed by atoms with E-state index in [9.17, 15) is 13.6 Å². The molecule has 3 aromatic rings.